The highest BCUT2D eigenvalue weighted by Gasteiger charge is 2.34. The van der Waals surface area contributed by atoms with E-state index in [1.807, 2.05) is 23.1 Å². The van der Waals surface area contributed by atoms with Gasteiger partial charge in [-0.15, -0.1) is 11.3 Å². The standard InChI is InChI=1S/C22H22N2O2S/c25-20(15-19-22-17(8-13-26-19)9-14-27-22)24-12-11-23-10-4-7-18(23)21(24)16-5-2-1-3-6-16/h1-7,9-10,14,19,21H,8,11-13,15H2/t19-,21+/m0/s1. The average Bonchev–Trinajstić information content (AvgIpc) is 3.37. The minimum atomic E-state index is -0.105. The minimum absolute atomic E-state index is 0.0335. The molecule has 0 unspecified atom stereocenters. The van der Waals surface area contributed by atoms with E-state index >= 15 is 0 Å². The van der Waals surface area contributed by atoms with Gasteiger partial charge in [-0.05, 0) is 41.1 Å². The van der Waals surface area contributed by atoms with Crippen LogP contribution in [-0.4, -0.2) is 28.5 Å². The van der Waals surface area contributed by atoms with Crippen LogP contribution >= 0.6 is 11.3 Å². The van der Waals surface area contributed by atoms with Gasteiger partial charge < -0.3 is 14.2 Å². The fourth-order valence-corrected chi connectivity index (χ4v) is 5.29. The number of benzene rings is 1. The van der Waals surface area contributed by atoms with Crippen molar-refractivity contribution in [2.45, 2.75) is 31.5 Å². The van der Waals surface area contributed by atoms with Crippen LogP contribution < -0.4 is 0 Å². The first-order chi connectivity index (χ1) is 13.3. The Morgan fingerprint density at radius 3 is 2.89 bits per heavy atom. The van der Waals surface area contributed by atoms with Crippen molar-refractivity contribution in [3.8, 4) is 0 Å². The molecule has 0 spiro atoms. The lowest BCUT2D eigenvalue weighted by molar-refractivity contribution is -0.137. The van der Waals surface area contributed by atoms with Gasteiger partial charge >= 0.3 is 0 Å². The number of hydrogen-bond acceptors (Lipinski definition) is 3. The number of amides is 1. The topological polar surface area (TPSA) is 34.5 Å². The van der Waals surface area contributed by atoms with Crippen LogP contribution in [0.4, 0.5) is 0 Å². The number of thiophene rings is 1. The van der Waals surface area contributed by atoms with Gasteiger partial charge in [0.15, 0.2) is 0 Å². The maximum atomic E-state index is 13.4. The molecule has 27 heavy (non-hydrogen) atoms. The third kappa shape index (κ3) is 3.01. The average molecular weight is 378 g/mol. The van der Waals surface area contributed by atoms with Crippen molar-refractivity contribution in [1.82, 2.24) is 9.47 Å². The lowest BCUT2D eigenvalue weighted by atomic mass is 9.98. The molecule has 0 aliphatic carbocycles. The molecule has 5 rings (SSSR count). The van der Waals surface area contributed by atoms with Crippen LogP contribution in [0.5, 0.6) is 0 Å². The van der Waals surface area contributed by atoms with E-state index in [-0.39, 0.29) is 18.1 Å². The number of rotatable bonds is 3. The van der Waals surface area contributed by atoms with E-state index < -0.39 is 0 Å². The smallest absolute Gasteiger partial charge is 0.226 e. The normalized spacial score (nSPS) is 21.6. The van der Waals surface area contributed by atoms with Gasteiger partial charge in [-0.3, -0.25) is 4.79 Å². The van der Waals surface area contributed by atoms with E-state index in [1.54, 1.807) is 11.3 Å². The third-order valence-corrected chi connectivity index (χ3v) is 6.65. The van der Waals surface area contributed by atoms with E-state index in [0.717, 1.165) is 25.1 Å². The fraction of sp³-hybridized carbons (Fsp3) is 0.318. The van der Waals surface area contributed by atoms with Crippen molar-refractivity contribution in [2.75, 3.05) is 13.2 Å². The number of nitrogens with zero attached hydrogens (tertiary/aromatic N) is 2. The number of hydrogen-bond donors (Lipinski definition) is 0. The van der Waals surface area contributed by atoms with E-state index in [2.05, 4.69) is 46.5 Å². The molecule has 3 aromatic rings. The monoisotopic (exact) mass is 378 g/mol. The summed E-state index contributed by atoms with van der Waals surface area (Å²) in [5, 5.41) is 2.11. The Balaban J connectivity index is 1.44. The molecule has 0 N–H and O–H groups in total. The number of fused-ring (bicyclic) bond motifs is 2. The maximum absolute atomic E-state index is 13.4. The molecule has 0 radical (unpaired) electrons. The molecule has 138 valence electrons. The number of carbonyl (C=O) groups is 1. The highest BCUT2D eigenvalue weighted by molar-refractivity contribution is 7.10. The Morgan fingerprint density at radius 1 is 1.11 bits per heavy atom. The largest absolute Gasteiger partial charge is 0.372 e. The van der Waals surface area contributed by atoms with Crippen molar-refractivity contribution in [2.24, 2.45) is 0 Å². The quantitative estimate of drug-likeness (QED) is 0.685. The lowest BCUT2D eigenvalue weighted by Gasteiger charge is -2.38. The Kier molecular flexibility index (Phi) is 4.34. The zero-order valence-corrected chi connectivity index (χ0v) is 15.9. The van der Waals surface area contributed by atoms with Crippen LogP contribution in [0, 0.1) is 0 Å². The SMILES string of the molecule is O=C(C[C@@H]1OCCc2ccsc21)N1CCn2cccc2[C@H]1c1ccccc1. The lowest BCUT2D eigenvalue weighted by Crippen LogP contribution is -2.43. The Morgan fingerprint density at radius 2 is 2.00 bits per heavy atom. The van der Waals surface area contributed by atoms with Crippen molar-refractivity contribution < 1.29 is 9.53 Å². The first kappa shape index (κ1) is 16.8. The summed E-state index contributed by atoms with van der Waals surface area (Å²) in [7, 11) is 0. The van der Waals surface area contributed by atoms with Crippen LogP contribution in [0.15, 0.2) is 60.1 Å². The molecule has 2 aliphatic rings. The van der Waals surface area contributed by atoms with Crippen molar-refractivity contribution in [3.05, 3.63) is 81.8 Å². The van der Waals surface area contributed by atoms with Crippen LogP contribution in [-0.2, 0) is 22.5 Å². The Labute approximate surface area is 163 Å². The summed E-state index contributed by atoms with van der Waals surface area (Å²) in [6, 6.07) is 16.7. The summed E-state index contributed by atoms with van der Waals surface area (Å²) in [5.74, 6) is 0.169. The predicted octanol–water partition coefficient (Wildman–Crippen LogP) is 4.19. The molecule has 2 aromatic heterocycles. The van der Waals surface area contributed by atoms with Crippen LogP contribution in [0.25, 0.3) is 0 Å². The molecule has 4 nitrogen and oxygen atoms in total. The maximum Gasteiger partial charge on any atom is 0.226 e. The van der Waals surface area contributed by atoms with Gasteiger partial charge in [-0.25, -0.2) is 0 Å². The molecule has 1 amide bonds. The van der Waals surface area contributed by atoms with E-state index in [9.17, 15) is 4.79 Å². The van der Waals surface area contributed by atoms with Crippen LogP contribution in [0.3, 0.4) is 0 Å². The van der Waals surface area contributed by atoms with Gasteiger partial charge in [0.1, 0.15) is 6.10 Å². The zero-order chi connectivity index (χ0) is 18.2. The van der Waals surface area contributed by atoms with Gasteiger partial charge in [0, 0.05) is 29.9 Å². The molecule has 1 aromatic carbocycles. The second-order valence-electron chi connectivity index (χ2n) is 7.15. The second kappa shape index (κ2) is 6.98. The fourth-order valence-electron chi connectivity index (χ4n) is 4.29. The number of carbonyl (C=O) groups excluding carboxylic acids is 1. The van der Waals surface area contributed by atoms with Gasteiger partial charge in [-0.1, -0.05) is 30.3 Å². The Bertz CT molecular complexity index is 946. The van der Waals surface area contributed by atoms with Crippen LogP contribution in [0.2, 0.25) is 0 Å². The molecular weight excluding hydrogens is 356 g/mol. The summed E-state index contributed by atoms with van der Waals surface area (Å²) in [5.41, 5.74) is 3.69. The van der Waals surface area contributed by atoms with Crippen LogP contribution in [0.1, 0.15) is 40.3 Å². The van der Waals surface area contributed by atoms with Crippen molar-refractivity contribution >= 4 is 17.2 Å². The predicted molar refractivity (Wildman–Crippen MR) is 106 cm³/mol. The molecule has 0 saturated carbocycles. The van der Waals surface area contributed by atoms with Gasteiger partial charge in [-0.2, -0.15) is 0 Å². The number of ether oxygens (including phenoxy) is 1. The summed E-state index contributed by atoms with van der Waals surface area (Å²) >= 11 is 1.71. The molecule has 0 saturated heterocycles. The summed E-state index contributed by atoms with van der Waals surface area (Å²) < 4.78 is 8.24. The second-order valence-corrected chi connectivity index (χ2v) is 8.10. The van der Waals surface area contributed by atoms with Gasteiger partial charge in [0.05, 0.1) is 19.1 Å². The summed E-state index contributed by atoms with van der Waals surface area (Å²) in [6.07, 6.45) is 3.37. The van der Waals surface area contributed by atoms with Gasteiger partial charge in [0.25, 0.3) is 0 Å². The number of aromatic nitrogens is 1. The zero-order valence-electron chi connectivity index (χ0n) is 15.1. The Hall–Kier alpha value is -2.37. The molecule has 5 heteroatoms. The molecule has 0 bridgehead atoms. The molecular formula is C22H22N2O2S. The highest BCUT2D eigenvalue weighted by atomic mass is 32.1. The minimum Gasteiger partial charge on any atom is -0.372 e. The molecule has 0 fully saturated rings. The van der Waals surface area contributed by atoms with E-state index in [1.165, 1.54) is 16.1 Å². The van der Waals surface area contributed by atoms with E-state index in [4.69, 9.17) is 4.74 Å². The highest BCUT2D eigenvalue weighted by Crippen LogP contribution is 2.37. The molecule has 2 aliphatic heterocycles. The van der Waals surface area contributed by atoms with Gasteiger partial charge in [0.2, 0.25) is 5.91 Å². The van der Waals surface area contributed by atoms with E-state index in [0.29, 0.717) is 13.0 Å². The molecule has 2 atom stereocenters. The van der Waals surface area contributed by atoms with Crippen molar-refractivity contribution in [1.29, 1.82) is 0 Å². The first-order valence-corrected chi connectivity index (χ1v) is 10.4. The molecule has 4 heterocycles. The summed E-state index contributed by atoms with van der Waals surface area (Å²) in [4.78, 5) is 16.6. The first-order valence-electron chi connectivity index (χ1n) is 9.48. The summed E-state index contributed by atoms with van der Waals surface area (Å²) in [6.45, 7) is 2.27. The van der Waals surface area contributed by atoms with Crippen molar-refractivity contribution in [3.63, 3.8) is 0 Å². The third-order valence-electron chi connectivity index (χ3n) is 5.60.